The summed E-state index contributed by atoms with van der Waals surface area (Å²) in [4.78, 5) is 80.1. The number of esters is 6. The van der Waals surface area contributed by atoms with Gasteiger partial charge in [0.1, 0.15) is 65.7 Å². The molecule has 0 fully saturated rings. The number of nitrogens with zero attached hydrogens (tertiary/aromatic N) is 5. The molecule has 1 heterocycles. The fraction of sp³-hybridized carbons (Fsp3) is 0.177. The highest BCUT2D eigenvalue weighted by Gasteiger charge is 2.65. The number of benzene rings is 6. The van der Waals surface area contributed by atoms with E-state index in [9.17, 15) is 44.6 Å². The van der Waals surface area contributed by atoms with Crippen molar-refractivity contribution in [3.8, 4) is 47.0 Å². The van der Waals surface area contributed by atoms with Crippen LogP contribution in [0.25, 0.3) is 6.08 Å². The summed E-state index contributed by atoms with van der Waals surface area (Å²) in [5.74, 6) is -5.44. The maximum Gasteiger partial charge on any atom is 0.437 e. The molecule has 102 heavy (non-hydrogen) atoms. The van der Waals surface area contributed by atoms with Crippen LogP contribution < -0.4 is 33.5 Å². The normalized spacial score (nSPS) is 15.0. The summed E-state index contributed by atoms with van der Waals surface area (Å²) in [7, 11) is 1.57. The second-order valence-electron chi connectivity index (χ2n) is 23.0. The van der Waals surface area contributed by atoms with Crippen molar-refractivity contribution < 1.29 is 79.8 Å². The van der Waals surface area contributed by atoms with Crippen LogP contribution in [0.4, 0.5) is 35.9 Å². The minimum atomic E-state index is -5.23. The Hall–Kier alpha value is -12.7. The van der Waals surface area contributed by atoms with Crippen LogP contribution in [0.2, 0.25) is 0 Å². The lowest BCUT2D eigenvalue weighted by Crippen LogP contribution is -2.43. The molecule has 19 nitrogen and oxygen atoms in total. The summed E-state index contributed by atoms with van der Waals surface area (Å²) in [5, 5.41) is 30.2. The van der Waals surface area contributed by atoms with Crippen LogP contribution >= 0.6 is 11.8 Å². The number of allylic oxidation sites excluding steroid dienone is 7. The van der Waals surface area contributed by atoms with E-state index in [0.717, 1.165) is 64.3 Å². The van der Waals surface area contributed by atoms with Gasteiger partial charge in [-0.15, -0.1) is 11.8 Å². The Labute approximate surface area is 591 Å². The van der Waals surface area contributed by atoms with Gasteiger partial charge < -0.3 is 47.7 Å². The van der Waals surface area contributed by atoms with E-state index in [1.165, 1.54) is 84.6 Å². The zero-order chi connectivity index (χ0) is 73.7. The highest BCUT2D eigenvalue weighted by atomic mass is 32.2. The number of carbonyl (C=O) groups excluding carboxylic acids is 6. The average Bonchev–Trinajstić information content (AvgIpc) is 1.56. The number of ether oxygens (including phenoxy) is 8. The van der Waals surface area contributed by atoms with Crippen molar-refractivity contribution in [1.82, 2.24) is 0 Å². The van der Waals surface area contributed by atoms with E-state index in [4.69, 9.17) is 37.9 Å². The first-order valence-electron chi connectivity index (χ1n) is 31.3. The zero-order valence-corrected chi connectivity index (χ0v) is 56.6. The van der Waals surface area contributed by atoms with Gasteiger partial charge in [-0.3, -0.25) is 0 Å². The lowest BCUT2D eigenvalue weighted by molar-refractivity contribution is -0.249. The Balaban J connectivity index is 1.11. The number of anilines is 4. The number of likely N-dealkylation sites (N-methyl/N-ethyl adjacent to an activating group) is 1. The molecule has 0 bridgehead atoms. The maximum atomic E-state index is 15.8. The molecule has 23 heteroatoms. The van der Waals surface area contributed by atoms with Gasteiger partial charge in [0.15, 0.2) is 11.3 Å². The quantitative estimate of drug-likeness (QED) is 0.0145. The molecule has 0 spiro atoms. The Morgan fingerprint density at radius 3 is 1.56 bits per heavy atom. The van der Waals surface area contributed by atoms with Crippen molar-refractivity contribution in [1.29, 1.82) is 15.8 Å². The third-order valence-electron chi connectivity index (χ3n) is 15.5. The number of alkyl halides is 3. The molecule has 1 aliphatic carbocycles. The molecular formula is C79H66F3N5O14S. The highest BCUT2D eigenvalue weighted by Crippen LogP contribution is 2.56. The van der Waals surface area contributed by atoms with E-state index >= 15 is 13.2 Å². The minimum absolute atomic E-state index is 0.0405. The Bertz CT molecular complexity index is 4490. The Morgan fingerprint density at radius 2 is 1.10 bits per heavy atom. The molecular weight excluding hydrogens is 1330 g/mol. The molecule has 1 unspecified atom stereocenters. The Morgan fingerprint density at radius 1 is 0.618 bits per heavy atom. The molecule has 518 valence electrons. The van der Waals surface area contributed by atoms with Gasteiger partial charge in [-0.2, -0.15) is 29.0 Å². The first kappa shape index (κ1) is 75.1. The van der Waals surface area contributed by atoms with Crippen molar-refractivity contribution in [3.05, 3.63) is 275 Å². The van der Waals surface area contributed by atoms with Gasteiger partial charge in [0.25, 0.3) is 5.60 Å². The van der Waals surface area contributed by atoms with Gasteiger partial charge in [-0.25, -0.2) is 28.8 Å². The minimum Gasteiger partial charge on any atom is -0.497 e. The smallest absolute Gasteiger partial charge is 0.437 e. The molecule has 8 rings (SSSR count). The largest absolute Gasteiger partial charge is 0.497 e. The van der Waals surface area contributed by atoms with Crippen LogP contribution in [-0.4, -0.2) is 81.2 Å². The first-order valence-corrected chi connectivity index (χ1v) is 32.3. The third kappa shape index (κ3) is 18.6. The van der Waals surface area contributed by atoms with E-state index in [-0.39, 0.29) is 59.6 Å². The van der Waals surface area contributed by atoms with Crippen molar-refractivity contribution in [2.75, 3.05) is 49.0 Å². The van der Waals surface area contributed by atoms with Crippen LogP contribution in [0.5, 0.6) is 28.7 Å². The molecule has 0 radical (unpaired) electrons. The average molecular weight is 1400 g/mol. The molecule has 6 aromatic carbocycles. The van der Waals surface area contributed by atoms with Crippen LogP contribution in [0.3, 0.4) is 0 Å². The summed E-state index contributed by atoms with van der Waals surface area (Å²) in [6, 6.07) is 42.0. The van der Waals surface area contributed by atoms with Crippen molar-refractivity contribution in [2.45, 2.75) is 45.4 Å². The molecule has 0 amide bonds. The zero-order valence-electron chi connectivity index (χ0n) is 55.7. The van der Waals surface area contributed by atoms with E-state index in [1.807, 2.05) is 116 Å². The highest BCUT2D eigenvalue weighted by molar-refractivity contribution is 8.03. The molecule has 0 aromatic heterocycles. The molecule has 0 saturated carbocycles. The topological polar surface area (TPSA) is 254 Å². The summed E-state index contributed by atoms with van der Waals surface area (Å²) < 4.78 is 90.8. The summed E-state index contributed by atoms with van der Waals surface area (Å²) in [6.07, 6.45) is 7.29. The standard InChI is InChI=1S/C79H66F3N5O14S/c1-9-69(88)97-63-40-54(41-64(44-63)98-70(89)10-2)75(92)95-37-36-86(13-5)58-28-30-60(31-29-58)87(61-32-34-62(94-8)35-33-61)59-26-23-51(24-27-59)22-25-53-47-77(6,7)46-52(74(53)102-39-38-96-76(93)55-42-65(99-71(90)11-3)45-66(43-55)100-72(91)12-4)18-17-21-68-67(50-85)73(56(48-83)49-84)101-78(68,79(80,81)82)57-19-15-14-16-20-57/h9-12,14-35,40-45H,1-4,13,36-39,46-47H2,5-8H3/b21-17+,25-22+,52-18+. The number of rotatable bonds is 28. The number of thioether (sulfide) groups is 1. The van der Waals surface area contributed by atoms with E-state index in [2.05, 4.69) is 26.3 Å². The summed E-state index contributed by atoms with van der Waals surface area (Å²) >= 11 is 1.30. The van der Waals surface area contributed by atoms with E-state index < -0.39 is 81.1 Å². The SMILES string of the molecule is C=CC(=O)Oc1cc(OC(=O)C=C)cc(C(=O)OCCSC2=C(/C=C/c3ccc(N(c4ccc(OC)cc4)c4ccc(N(CC)CCOC(=O)c5cc(OC(=O)C=C)cc(OC(=O)C=C)c5)cc4)cc3)CC(C)(C)C/C2=C\C=C\C2=C(C#N)C(=C(C#N)C#N)OC2(c2ccccc2)C(F)(F)F)c1. The van der Waals surface area contributed by atoms with Gasteiger partial charge in [-0.05, 0) is 127 Å². The predicted octanol–water partition coefficient (Wildman–Crippen LogP) is 16.0. The molecule has 1 aliphatic heterocycles. The fourth-order valence-corrected chi connectivity index (χ4v) is 12.0. The second kappa shape index (κ2) is 34.2. The number of hydrogen-bond acceptors (Lipinski definition) is 20. The second-order valence-corrected chi connectivity index (χ2v) is 24.1. The molecule has 0 N–H and O–H groups in total. The number of nitriles is 3. The predicted molar refractivity (Wildman–Crippen MR) is 377 cm³/mol. The van der Waals surface area contributed by atoms with Gasteiger partial charge >= 0.3 is 42.0 Å². The molecule has 0 saturated heterocycles. The number of halogens is 3. The van der Waals surface area contributed by atoms with Crippen LogP contribution in [-0.2, 0) is 39.0 Å². The first-order chi connectivity index (χ1) is 48.9. The fourth-order valence-electron chi connectivity index (χ4n) is 10.9. The van der Waals surface area contributed by atoms with Crippen LogP contribution in [0.1, 0.15) is 65.5 Å². The van der Waals surface area contributed by atoms with Gasteiger partial charge in [0.05, 0.1) is 24.8 Å². The summed E-state index contributed by atoms with van der Waals surface area (Å²) in [6.45, 7) is 20.1. The summed E-state index contributed by atoms with van der Waals surface area (Å²) in [5.41, 5.74) is -1.07. The van der Waals surface area contributed by atoms with Crippen molar-refractivity contribution in [2.24, 2.45) is 5.41 Å². The van der Waals surface area contributed by atoms with E-state index in [1.54, 1.807) is 31.4 Å². The number of carbonyl (C=O) groups is 6. The van der Waals surface area contributed by atoms with Crippen LogP contribution in [0.15, 0.2) is 253 Å². The molecule has 1 atom stereocenters. The Kier molecular flexibility index (Phi) is 25.2. The number of hydrogen-bond donors (Lipinski definition) is 0. The van der Waals surface area contributed by atoms with E-state index in [0.29, 0.717) is 35.6 Å². The van der Waals surface area contributed by atoms with Crippen LogP contribution in [0, 0.1) is 39.4 Å². The lowest BCUT2D eigenvalue weighted by atomic mass is 9.74. The maximum absolute atomic E-state index is 15.8. The molecule has 2 aliphatic rings. The number of methoxy groups -OCH3 is 1. The molecule has 6 aromatic rings. The lowest BCUT2D eigenvalue weighted by Gasteiger charge is -2.34. The monoisotopic (exact) mass is 1400 g/mol. The van der Waals surface area contributed by atoms with Gasteiger partial charge in [0.2, 0.25) is 0 Å². The third-order valence-corrected chi connectivity index (χ3v) is 16.7. The van der Waals surface area contributed by atoms with Gasteiger partial charge in [0, 0.05) is 87.5 Å². The van der Waals surface area contributed by atoms with Crippen molar-refractivity contribution >= 4 is 76.4 Å². The van der Waals surface area contributed by atoms with Crippen molar-refractivity contribution in [3.63, 3.8) is 0 Å². The van der Waals surface area contributed by atoms with Gasteiger partial charge in [-0.1, -0.05) is 113 Å².